The molecule has 1 fully saturated rings. The smallest absolute Gasteiger partial charge is 0.242 e. The second-order valence-electron chi connectivity index (χ2n) is 6.27. The van der Waals surface area contributed by atoms with Gasteiger partial charge in [0.1, 0.15) is 12.3 Å². The molecule has 0 unspecified atom stereocenters. The third kappa shape index (κ3) is 3.15. The molecule has 1 saturated heterocycles. The number of amides is 1. The van der Waals surface area contributed by atoms with Crippen molar-refractivity contribution in [2.24, 2.45) is 0 Å². The predicted molar refractivity (Wildman–Crippen MR) is 99.1 cm³/mol. The summed E-state index contributed by atoms with van der Waals surface area (Å²) in [7, 11) is 1.65. The van der Waals surface area contributed by atoms with Crippen molar-refractivity contribution in [1.29, 1.82) is 0 Å². The lowest BCUT2D eigenvalue weighted by Crippen LogP contribution is -2.42. The SMILES string of the molecule is COc1cccc(-c2nccc3ccn(CC(=O)N4CCOCC4)c23)c1. The molecular formula is C20H21N3O3. The van der Waals surface area contributed by atoms with E-state index in [9.17, 15) is 4.79 Å². The van der Waals surface area contributed by atoms with Crippen LogP contribution in [-0.2, 0) is 16.1 Å². The molecule has 0 saturated carbocycles. The zero-order chi connectivity index (χ0) is 17.9. The number of methoxy groups -OCH3 is 1. The van der Waals surface area contributed by atoms with E-state index < -0.39 is 0 Å². The van der Waals surface area contributed by atoms with E-state index in [0.29, 0.717) is 32.8 Å². The molecule has 0 bridgehead atoms. The van der Waals surface area contributed by atoms with Gasteiger partial charge in [-0.15, -0.1) is 0 Å². The van der Waals surface area contributed by atoms with Gasteiger partial charge in [0, 0.05) is 36.4 Å². The number of pyridine rings is 1. The highest BCUT2D eigenvalue weighted by atomic mass is 16.5. The number of carbonyl (C=O) groups excluding carboxylic acids is 1. The Morgan fingerprint density at radius 2 is 2.08 bits per heavy atom. The monoisotopic (exact) mass is 351 g/mol. The maximum atomic E-state index is 12.7. The topological polar surface area (TPSA) is 56.6 Å². The molecule has 0 atom stereocenters. The zero-order valence-electron chi connectivity index (χ0n) is 14.7. The van der Waals surface area contributed by atoms with E-state index in [0.717, 1.165) is 27.9 Å². The van der Waals surface area contributed by atoms with Crippen molar-refractivity contribution < 1.29 is 14.3 Å². The maximum Gasteiger partial charge on any atom is 0.242 e. The summed E-state index contributed by atoms with van der Waals surface area (Å²) < 4.78 is 12.6. The molecule has 3 heterocycles. The van der Waals surface area contributed by atoms with Crippen molar-refractivity contribution in [1.82, 2.24) is 14.5 Å². The molecule has 3 aromatic rings. The Kier molecular flexibility index (Phi) is 4.58. The summed E-state index contributed by atoms with van der Waals surface area (Å²) in [6, 6.07) is 11.8. The molecule has 1 aromatic carbocycles. The van der Waals surface area contributed by atoms with Crippen LogP contribution in [0.1, 0.15) is 0 Å². The summed E-state index contributed by atoms with van der Waals surface area (Å²) >= 11 is 0. The van der Waals surface area contributed by atoms with Gasteiger partial charge in [-0.3, -0.25) is 9.78 Å². The van der Waals surface area contributed by atoms with Gasteiger partial charge in [-0.05, 0) is 24.3 Å². The highest BCUT2D eigenvalue weighted by Gasteiger charge is 2.19. The van der Waals surface area contributed by atoms with Gasteiger partial charge in [0.2, 0.25) is 5.91 Å². The van der Waals surface area contributed by atoms with E-state index >= 15 is 0 Å². The minimum absolute atomic E-state index is 0.103. The van der Waals surface area contributed by atoms with Gasteiger partial charge in [-0.1, -0.05) is 12.1 Å². The van der Waals surface area contributed by atoms with Crippen molar-refractivity contribution >= 4 is 16.8 Å². The fraction of sp³-hybridized carbons (Fsp3) is 0.300. The molecule has 6 nitrogen and oxygen atoms in total. The first-order valence-corrected chi connectivity index (χ1v) is 8.70. The second-order valence-corrected chi connectivity index (χ2v) is 6.27. The summed E-state index contributed by atoms with van der Waals surface area (Å²) in [6.45, 7) is 2.81. The van der Waals surface area contributed by atoms with Gasteiger partial charge in [-0.25, -0.2) is 0 Å². The fourth-order valence-electron chi connectivity index (χ4n) is 3.32. The summed E-state index contributed by atoms with van der Waals surface area (Å²) in [4.78, 5) is 19.1. The Morgan fingerprint density at radius 1 is 1.23 bits per heavy atom. The number of hydrogen-bond donors (Lipinski definition) is 0. The normalized spacial score (nSPS) is 14.6. The van der Waals surface area contributed by atoms with Crippen LogP contribution in [0.15, 0.2) is 48.8 Å². The summed E-state index contributed by atoms with van der Waals surface area (Å²) in [6.07, 6.45) is 3.75. The Labute approximate surface area is 152 Å². The molecule has 1 aliphatic rings. The highest BCUT2D eigenvalue weighted by Crippen LogP contribution is 2.29. The lowest BCUT2D eigenvalue weighted by Gasteiger charge is -2.27. The average molecular weight is 351 g/mol. The lowest BCUT2D eigenvalue weighted by atomic mass is 10.1. The molecule has 134 valence electrons. The fourth-order valence-corrected chi connectivity index (χ4v) is 3.32. The number of nitrogens with zero attached hydrogens (tertiary/aromatic N) is 3. The number of benzene rings is 1. The molecule has 6 heteroatoms. The lowest BCUT2D eigenvalue weighted by molar-refractivity contribution is -0.135. The maximum absolute atomic E-state index is 12.7. The van der Waals surface area contributed by atoms with Crippen molar-refractivity contribution in [2.75, 3.05) is 33.4 Å². The van der Waals surface area contributed by atoms with Crippen LogP contribution < -0.4 is 4.74 Å². The molecule has 0 radical (unpaired) electrons. The second kappa shape index (κ2) is 7.17. The Balaban J connectivity index is 1.71. The van der Waals surface area contributed by atoms with Crippen LogP contribution in [0.5, 0.6) is 5.75 Å². The number of fused-ring (bicyclic) bond motifs is 1. The zero-order valence-corrected chi connectivity index (χ0v) is 14.7. The molecular weight excluding hydrogens is 330 g/mol. The number of morpholine rings is 1. The highest BCUT2D eigenvalue weighted by molar-refractivity contribution is 5.93. The van der Waals surface area contributed by atoms with Crippen LogP contribution in [0.4, 0.5) is 0 Å². The van der Waals surface area contributed by atoms with Crippen LogP contribution in [0.25, 0.3) is 22.2 Å². The van der Waals surface area contributed by atoms with Crippen LogP contribution in [0.3, 0.4) is 0 Å². The van der Waals surface area contributed by atoms with Crippen molar-refractivity contribution in [3.8, 4) is 17.0 Å². The van der Waals surface area contributed by atoms with Gasteiger partial charge >= 0.3 is 0 Å². The summed E-state index contributed by atoms with van der Waals surface area (Å²) in [5.41, 5.74) is 2.78. The Bertz CT molecular complexity index is 929. The number of aromatic nitrogens is 2. The van der Waals surface area contributed by atoms with Crippen molar-refractivity contribution in [3.05, 3.63) is 48.8 Å². The molecule has 0 N–H and O–H groups in total. The third-order valence-corrected chi connectivity index (χ3v) is 4.69. The first-order valence-electron chi connectivity index (χ1n) is 8.70. The minimum atomic E-state index is 0.103. The molecule has 1 aliphatic heterocycles. The quantitative estimate of drug-likeness (QED) is 0.725. The van der Waals surface area contributed by atoms with E-state index in [1.807, 2.05) is 52.1 Å². The van der Waals surface area contributed by atoms with Gasteiger partial charge in [-0.2, -0.15) is 0 Å². The van der Waals surface area contributed by atoms with Crippen LogP contribution in [-0.4, -0.2) is 53.8 Å². The van der Waals surface area contributed by atoms with E-state index in [1.54, 1.807) is 13.3 Å². The third-order valence-electron chi connectivity index (χ3n) is 4.69. The Morgan fingerprint density at radius 3 is 2.88 bits per heavy atom. The molecule has 0 spiro atoms. The number of rotatable bonds is 4. The Hall–Kier alpha value is -2.86. The first kappa shape index (κ1) is 16.6. The van der Waals surface area contributed by atoms with Crippen LogP contribution in [0, 0.1) is 0 Å². The number of ether oxygens (including phenoxy) is 2. The van der Waals surface area contributed by atoms with Crippen molar-refractivity contribution in [2.45, 2.75) is 6.54 Å². The van der Waals surface area contributed by atoms with Gasteiger partial charge in [0.25, 0.3) is 0 Å². The molecule has 1 amide bonds. The molecule has 26 heavy (non-hydrogen) atoms. The molecule has 0 aliphatic carbocycles. The summed E-state index contributed by atoms with van der Waals surface area (Å²) in [5, 5.41) is 1.06. The first-order chi connectivity index (χ1) is 12.8. The molecule has 2 aromatic heterocycles. The largest absolute Gasteiger partial charge is 0.497 e. The minimum Gasteiger partial charge on any atom is -0.497 e. The van der Waals surface area contributed by atoms with Crippen molar-refractivity contribution in [3.63, 3.8) is 0 Å². The van der Waals surface area contributed by atoms with Gasteiger partial charge in [0.05, 0.1) is 31.5 Å². The van der Waals surface area contributed by atoms with E-state index in [2.05, 4.69) is 4.98 Å². The van der Waals surface area contributed by atoms with Gasteiger partial charge < -0.3 is 18.9 Å². The van der Waals surface area contributed by atoms with Gasteiger partial charge in [0.15, 0.2) is 0 Å². The van der Waals surface area contributed by atoms with Crippen LogP contribution in [0.2, 0.25) is 0 Å². The predicted octanol–water partition coefficient (Wildman–Crippen LogP) is 2.57. The number of carbonyl (C=O) groups is 1. The van der Waals surface area contributed by atoms with Crippen LogP contribution >= 0.6 is 0 Å². The number of hydrogen-bond acceptors (Lipinski definition) is 4. The van der Waals surface area contributed by atoms with E-state index in [-0.39, 0.29) is 5.91 Å². The van der Waals surface area contributed by atoms with E-state index in [1.165, 1.54) is 0 Å². The average Bonchev–Trinajstić information content (AvgIpc) is 3.11. The standard InChI is InChI=1S/C20H21N3O3/c1-25-17-4-2-3-16(13-17)19-20-15(5-7-21-19)6-8-23(20)14-18(24)22-9-11-26-12-10-22/h2-8,13H,9-12,14H2,1H3. The molecule has 4 rings (SSSR count). The summed E-state index contributed by atoms with van der Waals surface area (Å²) in [5.74, 6) is 0.884. The van der Waals surface area contributed by atoms with E-state index in [4.69, 9.17) is 9.47 Å².